The number of nitrogens with one attached hydrogen (secondary N) is 3. The van der Waals surface area contributed by atoms with Gasteiger partial charge < -0.3 is 25.4 Å². The number of amides is 1. The van der Waals surface area contributed by atoms with Crippen molar-refractivity contribution in [3.05, 3.63) is 65.6 Å². The van der Waals surface area contributed by atoms with Crippen LogP contribution < -0.4 is 25.4 Å². The van der Waals surface area contributed by atoms with E-state index < -0.39 is 0 Å². The summed E-state index contributed by atoms with van der Waals surface area (Å²) in [5.74, 6) is 1.06. The van der Waals surface area contributed by atoms with E-state index in [2.05, 4.69) is 25.9 Å². The SMILES string of the molecule is COc1cc(OC)c(NC(=S)Nc2ccc(NC(=O)c3ccccn3)nc2)cc1Cl. The van der Waals surface area contributed by atoms with E-state index >= 15 is 0 Å². The normalized spacial score (nSPS) is 10.1. The molecular weight excluding hydrogens is 426 g/mol. The summed E-state index contributed by atoms with van der Waals surface area (Å²) in [5, 5.41) is 9.43. The van der Waals surface area contributed by atoms with E-state index in [0.717, 1.165) is 0 Å². The van der Waals surface area contributed by atoms with Gasteiger partial charge >= 0.3 is 0 Å². The van der Waals surface area contributed by atoms with Crippen molar-refractivity contribution in [2.75, 3.05) is 30.2 Å². The summed E-state index contributed by atoms with van der Waals surface area (Å²) >= 11 is 11.5. The van der Waals surface area contributed by atoms with Crippen LogP contribution in [0.5, 0.6) is 11.5 Å². The maximum atomic E-state index is 12.1. The van der Waals surface area contributed by atoms with Crippen molar-refractivity contribution < 1.29 is 14.3 Å². The molecule has 154 valence electrons. The van der Waals surface area contributed by atoms with Gasteiger partial charge in [0.25, 0.3) is 5.91 Å². The highest BCUT2D eigenvalue weighted by molar-refractivity contribution is 7.80. The summed E-state index contributed by atoms with van der Waals surface area (Å²) in [6, 6.07) is 11.8. The Morgan fingerprint density at radius 3 is 2.43 bits per heavy atom. The Labute approximate surface area is 183 Å². The number of hydrogen-bond acceptors (Lipinski definition) is 6. The third-order valence-electron chi connectivity index (χ3n) is 3.88. The van der Waals surface area contributed by atoms with Crippen LogP contribution in [-0.2, 0) is 0 Å². The smallest absolute Gasteiger partial charge is 0.275 e. The predicted molar refractivity (Wildman–Crippen MR) is 121 cm³/mol. The van der Waals surface area contributed by atoms with Crippen molar-refractivity contribution in [2.45, 2.75) is 0 Å². The molecule has 0 bridgehead atoms. The highest BCUT2D eigenvalue weighted by Crippen LogP contribution is 2.35. The van der Waals surface area contributed by atoms with E-state index in [-0.39, 0.29) is 5.91 Å². The topological polar surface area (TPSA) is 97.4 Å². The average molecular weight is 444 g/mol. The van der Waals surface area contributed by atoms with Crippen molar-refractivity contribution in [1.82, 2.24) is 9.97 Å². The number of methoxy groups -OCH3 is 2. The Morgan fingerprint density at radius 2 is 1.80 bits per heavy atom. The number of benzene rings is 1. The van der Waals surface area contributed by atoms with Gasteiger partial charge in [0.2, 0.25) is 0 Å². The van der Waals surface area contributed by atoms with E-state index in [1.807, 2.05) is 0 Å². The summed E-state index contributed by atoms with van der Waals surface area (Å²) < 4.78 is 10.5. The number of halogens is 1. The van der Waals surface area contributed by atoms with Crippen molar-refractivity contribution in [3.63, 3.8) is 0 Å². The Hall–Kier alpha value is -3.43. The van der Waals surface area contributed by atoms with Crippen LogP contribution in [0.1, 0.15) is 10.5 Å². The monoisotopic (exact) mass is 443 g/mol. The highest BCUT2D eigenvalue weighted by atomic mass is 35.5. The Morgan fingerprint density at radius 1 is 1.00 bits per heavy atom. The molecule has 0 unspecified atom stereocenters. The Kier molecular flexibility index (Phi) is 6.99. The molecule has 2 aromatic heterocycles. The van der Waals surface area contributed by atoms with Crippen molar-refractivity contribution >= 4 is 52.0 Å². The standard InChI is InChI=1S/C20H18ClN5O3S/c1-28-16-10-17(29-2)15(9-13(16)21)25-20(30)24-12-6-7-18(23-11-12)26-19(27)14-5-3-4-8-22-14/h3-11H,1-2H3,(H,23,26,27)(H2,24,25,30). The predicted octanol–water partition coefficient (Wildman–Crippen LogP) is 4.21. The maximum Gasteiger partial charge on any atom is 0.275 e. The number of rotatable bonds is 6. The van der Waals surface area contributed by atoms with Crippen LogP contribution in [0.2, 0.25) is 5.02 Å². The van der Waals surface area contributed by atoms with Gasteiger partial charge in [0.05, 0.1) is 36.8 Å². The number of nitrogens with zero attached hydrogens (tertiary/aromatic N) is 2. The first-order chi connectivity index (χ1) is 14.5. The average Bonchev–Trinajstić information content (AvgIpc) is 2.76. The van der Waals surface area contributed by atoms with Gasteiger partial charge in [-0.25, -0.2) is 4.98 Å². The first-order valence-corrected chi connectivity index (χ1v) is 9.46. The number of carbonyl (C=O) groups is 1. The van der Waals surface area contributed by atoms with Gasteiger partial charge in [-0.1, -0.05) is 17.7 Å². The van der Waals surface area contributed by atoms with Crippen LogP contribution in [0.25, 0.3) is 0 Å². The Bertz CT molecular complexity index is 1050. The number of carbonyl (C=O) groups excluding carboxylic acids is 1. The second-order valence-electron chi connectivity index (χ2n) is 5.87. The molecule has 0 aliphatic heterocycles. The first-order valence-electron chi connectivity index (χ1n) is 8.68. The number of thiocarbonyl (C=S) groups is 1. The summed E-state index contributed by atoms with van der Waals surface area (Å²) in [4.78, 5) is 20.3. The number of ether oxygens (including phenoxy) is 2. The molecule has 0 spiro atoms. The van der Waals surface area contributed by atoms with Gasteiger partial charge in [0.1, 0.15) is 23.0 Å². The third-order valence-corrected chi connectivity index (χ3v) is 4.38. The molecule has 3 aromatic rings. The fourth-order valence-electron chi connectivity index (χ4n) is 2.46. The van der Waals surface area contributed by atoms with Crippen LogP contribution in [0.4, 0.5) is 17.2 Å². The van der Waals surface area contributed by atoms with E-state index in [4.69, 9.17) is 33.3 Å². The highest BCUT2D eigenvalue weighted by Gasteiger charge is 2.12. The molecular formula is C20H18ClN5O3S. The first kappa shape index (κ1) is 21.3. The zero-order chi connectivity index (χ0) is 21.5. The van der Waals surface area contributed by atoms with Crippen LogP contribution in [-0.4, -0.2) is 35.2 Å². The second-order valence-corrected chi connectivity index (χ2v) is 6.68. The van der Waals surface area contributed by atoms with Crippen LogP contribution in [0.15, 0.2) is 54.9 Å². The minimum atomic E-state index is -0.343. The third kappa shape index (κ3) is 5.34. The second kappa shape index (κ2) is 9.86. The summed E-state index contributed by atoms with van der Waals surface area (Å²) in [6.45, 7) is 0. The van der Waals surface area contributed by atoms with Crippen molar-refractivity contribution in [2.24, 2.45) is 0 Å². The van der Waals surface area contributed by atoms with E-state index in [1.165, 1.54) is 14.2 Å². The molecule has 3 N–H and O–H groups in total. The lowest BCUT2D eigenvalue weighted by atomic mass is 10.2. The summed E-state index contributed by atoms with van der Waals surface area (Å²) in [7, 11) is 3.06. The molecule has 0 aliphatic rings. The fourth-order valence-corrected chi connectivity index (χ4v) is 2.93. The largest absolute Gasteiger partial charge is 0.495 e. The van der Waals surface area contributed by atoms with E-state index in [9.17, 15) is 4.79 Å². The molecule has 1 amide bonds. The number of pyridine rings is 2. The van der Waals surface area contributed by atoms with Gasteiger partial charge in [0, 0.05) is 12.3 Å². The van der Waals surface area contributed by atoms with Crippen LogP contribution in [0, 0.1) is 0 Å². The molecule has 2 heterocycles. The minimum Gasteiger partial charge on any atom is -0.495 e. The van der Waals surface area contributed by atoms with E-state index in [0.29, 0.717) is 44.5 Å². The zero-order valence-electron chi connectivity index (χ0n) is 16.1. The molecule has 0 saturated carbocycles. The Balaban J connectivity index is 1.62. The molecule has 0 saturated heterocycles. The van der Waals surface area contributed by atoms with Crippen LogP contribution in [0.3, 0.4) is 0 Å². The molecule has 0 fully saturated rings. The van der Waals surface area contributed by atoms with Crippen molar-refractivity contribution in [1.29, 1.82) is 0 Å². The number of hydrogen-bond donors (Lipinski definition) is 3. The maximum absolute atomic E-state index is 12.1. The molecule has 0 atom stereocenters. The number of anilines is 3. The molecule has 30 heavy (non-hydrogen) atoms. The lowest BCUT2D eigenvalue weighted by Crippen LogP contribution is -2.20. The minimum absolute atomic E-state index is 0.305. The lowest BCUT2D eigenvalue weighted by Gasteiger charge is -2.15. The number of aromatic nitrogens is 2. The molecule has 1 aromatic carbocycles. The van der Waals surface area contributed by atoms with Gasteiger partial charge in [-0.15, -0.1) is 0 Å². The molecule has 10 heteroatoms. The summed E-state index contributed by atoms with van der Waals surface area (Å²) in [6.07, 6.45) is 3.09. The van der Waals surface area contributed by atoms with Gasteiger partial charge in [-0.3, -0.25) is 9.78 Å². The molecule has 0 radical (unpaired) electrons. The van der Waals surface area contributed by atoms with Gasteiger partial charge in [-0.2, -0.15) is 0 Å². The van der Waals surface area contributed by atoms with Crippen molar-refractivity contribution in [3.8, 4) is 11.5 Å². The summed E-state index contributed by atoms with van der Waals surface area (Å²) in [5.41, 5.74) is 1.51. The quantitative estimate of drug-likeness (QED) is 0.487. The zero-order valence-corrected chi connectivity index (χ0v) is 17.7. The van der Waals surface area contributed by atoms with Crippen LogP contribution >= 0.6 is 23.8 Å². The van der Waals surface area contributed by atoms with E-state index in [1.54, 1.807) is 54.9 Å². The lowest BCUT2D eigenvalue weighted by molar-refractivity contribution is 0.102. The molecule has 8 nitrogen and oxygen atoms in total. The molecule has 0 aliphatic carbocycles. The van der Waals surface area contributed by atoms with Gasteiger partial charge in [-0.05, 0) is 42.5 Å². The fraction of sp³-hybridized carbons (Fsp3) is 0.100. The molecule has 3 rings (SSSR count). The van der Waals surface area contributed by atoms with Gasteiger partial charge in [0.15, 0.2) is 5.11 Å².